The number of hydrogen-bond acceptors (Lipinski definition) is 3. The van der Waals surface area contributed by atoms with Crippen molar-refractivity contribution in [2.45, 2.75) is 26.8 Å². The van der Waals surface area contributed by atoms with Gasteiger partial charge in [0.05, 0.1) is 11.3 Å². The van der Waals surface area contributed by atoms with Gasteiger partial charge in [-0.15, -0.1) is 0 Å². The maximum absolute atomic E-state index is 11.9. The second kappa shape index (κ2) is 5.12. The molecule has 0 fully saturated rings. The molecule has 0 aliphatic rings. The molecule has 1 amide bonds. The van der Waals surface area contributed by atoms with Crippen LogP contribution in [0.15, 0.2) is 6.20 Å². The molecule has 1 rings (SSSR count). The lowest BCUT2D eigenvalue weighted by Gasteiger charge is -2.19. The van der Waals surface area contributed by atoms with Crippen molar-refractivity contribution in [1.82, 2.24) is 15.1 Å². The quantitative estimate of drug-likeness (QED) is 0.779. The van der Waals surface area contributed by atoms with E-state index >= 15 is 0 Å². The van der Waals surface area contributed by atoms with E-state index in [1.165, 1.54) is 0 Å². The summed E-state index contributed by atoms with van der Waals surface area (Å²) in [6, 6.07) is 0.0668. The van der Waals surface area contributed by atoms with Gasteiger partial charge in [-0.1, -0.05) is 6.92 Å². The molecule has 2 unspecified atom stereocenters. The normalized spacial score (nSPS) is 14.6. The molecule has 16 heavy (non-hydrogen) atoms. The fourth-order valence-electron chi connectivity index (χ4n) is 1.45. The third-order valence-corrected chi connectivity index (χ3v) is 2.84. The molecule has 0 saturated heterocycles. The van der Waals surface area contributed by atoms with E-state index in [0.717, 1.165) is 5.69 Å². The van der Waals surface area contributed by atoms with Gasteiger partial charge in [-0.05, 0) is 26.3 Å². The first-order chi connectivity index (χ1) is 7.45. The van der Waals surface area contributed by atoms with Gasteiger partial charge in [0.2, 0.25) is 0 Å². The number of carbonyl (C=O) groups excluding carboxylic acids is 1. The molecule has 0 aliphatic heterocycles. The Morgan fingerprint density at radius 3 is 2.69 bits per heavy atom. The Kier molecular flexibility index (Phi) is 4.06. The van der Waals surface area contributed by atoms with Crippen molar-refractivity contribution in [3.05, 3.63) is 17.5 Å². The van der Waals surface area contributed by atoms with Gasteiger partial charge in [0, 0.05) is 19.3 Å². The second-order valence-corrected chi connectivity index (χ2v) is 4.28. The number of carbonyl (C=O) groups is 1. The van der Waals surface area contributed by atoms with Gasteiger partial charge in [-0.25, -0.2) is 0 Å². The van der Waals surface area contributed by atoms with Crippen molar-refractivity contribution in [3.63, 3.8) is 0 Å². The number of nitrogens with two attached hydrogens (primary N) is 1. The molecule has 0 aromatic carbocycles. The van der Waals surface area contributed by atoms with E-state index in [9.17, 15) is 4.79 Å². The molecule has 3 N–H and O–H groups in total. The highest BCUT2D eigenvalue weighted by Gasteiger charge is 2.17. The number of rotatable bonds is 4. The monoisotopic (exact) mass is 224 g/mol. The fraction of sp³-hybridized carbons (Fsp3) is 0.636. The summed E-state index contributed by atoms with van der Waals surface area (Å²) in [7, 11) is 1.80. The van der Waals surface area contributed by atoms with Gasteiger partial charge in [0.1, 0.15) is 0 Å². The number of nitrogens with zero attached hydrogens (tertiary/aromatic N) is 2. The van der Waals surface area contributed by atoms with Crippen molar-refractivity contribution in [3.8, 4) is 0 Å². The van der Waals surface area contributed by atoms with Crippen LogP contribution in [0, 0.1) is 12.8 Å². The zero-order valence-electron chi connectivity index (χ0n) is 10.3. The summed E-state index contributed by atoms with van der Waals surface area (Å²) in [6.07, 6.45) is 1.73. The maximum atomic E-state index is 11.9. The molecule has 0 saturated carbocycles. The SMILES string of the molecule is Cc1nn(C)cc1C(=O)NC(C)C(C)CN. The maximum Gasteiger partial charge on any atom is 0.254 e. The average molecular weight is 224 g/mol. The largest absolute Gasteiger partial charge is 0.349 e. The number of aromatic nitrogens is 2. The highest BCUT2D eigenvalue weighted by molar-refractivity contribution is 5.95. The molecule has 1 aromatic rings. The van der Waals surface area contributed by atoms with E-state index in [0.29, 0.717) is 12.1 Å². The minimum Gasteiger partial charge on any atom is -0.349 e. The molecule has 0 aliphatic carbocycles. The molecule has 1 aromatic heterocycles. The van der Waals surface area contributed by atoms with Gasteiger partial charge >= 0.3 is 0 Å². The predicted octanol–water partition coefficient (Wildman–Crippen LogP) is 0.442. The van der Waals surface area contributed by atoms with Crippen LogP contribution < -0.4 is 11.1 Å². The zero-order chi connectivity index (χ0) is 12.3. The summed E-state index contributed by atoms with van der Waals surface area (Å²) < 4.78 is 1.64. The summed E-state index contributed by atoms with van der Waals surface area (Å²) in [5, 5.41) is 7.06. The van der Waals surface area contributed by atoms with Crippen LogP contribution in [0.25, 0.3) is 0 Å². The Morgan fingerprint density at radius 1 is 1.62 bits per heavy atom. The lowest BCUT2D eigenvalue weighted by Crippen LogP contribution is -2.39. The third-order valence-electron chi connectivity index (χ3n) is 2.84. The van der Waals surface area contributed by atoms with E-state index in [2.05, 4.69) is 10.4 Å². The first-order valence-electron chi connectivity index (χ1n) is 5.47. The third kappa shape index (κ3) is 2.82. The molecule has 2 atom stereocenters. The molecule has 0 spiro atoms. The van der Waals surface area contributed by atoms with E-state index in [-0.39, 0.29) is 17.9 Å². The first kappa shape index (κ1) is 12.7. The molecule has 0 radical (unpaired) electrons. The molecule has 0 bridgehead atoms. The smallest absolute Gasteiger partial charge is 0.254 e. The standard InChI is InChI=1S/C11H20N4O/c1-7(5-12)8(2)13-11(16)10-6-15(4)14-9(10)3/h6-8H,5,12H2,1-4H3,(H,13,16). The van der Waals surface area contributed by atoms with Crippen molar-refractivity contribution >= 4 is 5.91 Å². The van der Waals surface area contributed by atoms with Crippen LogP contribution in [0.5, 0.6) is 0 Å². The Balaban J connectivity index is 2.69. The summed E-state index contributed by atoms with van der Waals surface area (Å²) in [6.45, 7) is 6.36. The van der Waals surface area contributed by atoms with Crippen LogP contribution in [-0.4, -0.2) is 28.3 Å². The lowest BCUT2D eigenvalue weighted by molar-refractivity contribution is 0.0929. The molecule has 5 nitrogen and oxygen atoms in total. The van der Waals surface area contributed by atoms with Crippen LogP contribution in [-0.2, 0) is 7.05 Å². The summed E-state index contributed by atoms with van der Waals surface area (Å²) in [5.74, 6) is 0.180. The number of aryl methyl sites for hydroxylation is 2. The summed E-state index contributed by atoms with van der Waals surface area (Å²) in [4.78, 5) is 11.9. The molecule has 90 valence electrons. The van der Waals surface area contributed by atoms with Gasteiger partial charge in [-0.3, -0.25) is 9.48 Å². The second-order valence-electron chi connectivity index (χ2n) is 4.28. The Morgan fingerprint density at radius 2 is 2.25 bits per heavy atom. The Bertz CT molecular complexity index is 372. The van der Waals surface area contributed by atoms with Crippen LogP contribution in [0.3, 0.4) is 0 Å². The summed E-state index contributed by atoms with van der Waals surface area (Å²) in [5.41, 5.74) is 6.92. The molecule has 1 heterocycles. The minimum atomic E-state index is -0.0848. The van der Waals surface area contributed by atoms with E-state index in [1.807, 2.05) is 20.8 Å². The van der Waals surface area contributed by atoms with Crippen molar-refractivity contribution in [2.75, 3.05) is 6.54 Å². The van der Waals surface area contributed by atoms with Crippen molar-refractivity contribution in [1.29, 1.82) is 0 Å². The lowest BCUT2D eigenvalue weighted by atomic mass is 10.0. The number of hydrogen-bond donors (Lipinski definition) is 2. The van der Waals surface area contributed by atoms with Gasteiger partial charge in [-0.2, -0.15) is 5.10 Å². The van der Waals surface area contributed by atoms with E-state index in [1.54, 1.807) is 17.9 Å². The van der Waals surface area contributed by atoms with Crippen molar-refractivity contribution in [2.24, 2.45) is 18.7 Å². The predicted molar refractivity (Wildman–Crippen MR) is 63.1 cm³/mol. The average Bonchev–Trinajstić information content (AvgIpc) is 2.56. The highest BCUT2D eigenvalue weighted by atomic mass is 16.1. The zero-order valence-corrected chi connectivity index (χ0v) is 10.3. The van der Waals surface area contributed by atoms with Gasteiger partial charge in [0.15, 0.2) is 0 Å². The number of amides is 1. The Hall–Kier alpha value is -1.36. The van der Waals surface area contributed by atoms with Crippen LogP contribution in [0.1, 0.15) is 29.9 Å². The minimum absolute atomic E-state index is 0.0668. The summed E-state index contributed by atoms with van der Waals surface area (Å²) >= 11 is 0. The Labute approximate surface area is 96.0 Å². The molecule has 5 heteroatoms. The topological polar surface area (TPSA) is 72.9 Å². The fourth-order valence-corrected chi connectivity index (χ4v) is 1.45. The van der Waals surface area contributed by atoms with Gasteiger partial charge in [0.25, 0.3) is 5.91 Å². The van der Waals surface area contributed by atoms with Crippen LogP contribution >= 0.6 is 0 Å². The van der Waals surface area contributed by atoms with Crippen LogP contribution in [0.4, 0.5) is 0 Å². The van der Waals surface area contributed by atoms with Crippen molar-refractivity contribution < 1.29 is 4.79 Å². The molecular weight excluding hydrogens is 204 g/mol. The number of nitrogens with one attached hydrogen (secondary N) is 1. The van der Waals surface area contributed by atoms with Gasteiger partial charge < -0.3 is 11.1 Å². The van der Waals surface area contributed by atoms with Crippen LogP contribution in [0.2, 0.25) is 0 Å². The molecular formula is C11H20N4O. The van der Waals surface area contributed by atoms with E-state index < -0.39 is 0 Å². The van der Waals surface area contributed by atoms with E-state index in [4.69, 9.17) is 5.73 Å². The first-order valence-corrected chi connectivity index (χ1v) is 5.47. The highest BCUT2D eigenvalue weighted by Crippen LogP contribution is 2.06.